The number of hydrogen-bond donors (Lipinski definition) is 1. The standard InChI is InChI=1S/C14H21N3O3S/c1-20-14(19)10-3-2-6-17(8-10)13(18)7-11-9-21-12(16-11)4-5-15/h9-10H,2-8,15H2,1H3. The number of nitrogens with zero attached hydrogens (tertiary/aromatic N) is 2. The van der Waals surface area contributed by atoms with Gasteiger partial charge in [0, 0.05) is 24.9 Å². The van der Waals surface area contributed by atoms with E-state index in [2.05, 4.69) is 4.98 Å². The van der Waals surface area contributed by atoms with Gasteiger partial charge in [0.1, 0.15) is 0 Å². The molecule has 116 valence electrons. The zero-order valence-corrected chi connectivity index (χ0v) is 13.0. The summed E-state index contributed by atoms with van der Waals surface area (Å²) in [6, 6.07) is 0. The van der Waals surface area contributed by atoms with Crippen molar-refractivity contribution in [3.63, 3.8) is 0 Å². The molecule has 1 unspecified atom stereocenters. The van der Waals surface area contributed by atoms with Gasteiger partial charge in [-0.25, -0.2) is 4.98 Å². The van der Waals surface area contributed by atoms with Crippen molar-refractivity contribution in [3.8, 4) is 0 Å². The summed E-state index contributed by atoms with van der Waals surface area (Å²) in [5.74, 6) is -0.407. The average Bonchev–Trinajstić information content (AvgIpc) is 2.94. The van der Waals surface area contributed by atoms with Crippen LogP contribution in [0.4, 0.5) is 0 Å². The van der Waals surface area contributed by atoms with Gasteiger partial charge in [0.05, 0.1) is 30.2 Å². The van der Waals surface area contributed by atoms with Crippen LogP contribution < -0.4 is 5.73 Å². The van der Waals surface area contributed by atoms with Crippen LogP contribution in [0.1, 0.15) is 23.5 Å². The van der Waals surface area contributed by atoms with Crippen molar-refractivity contribution in [1.82, 2.24) is 9.88 Å². The molecule has 1 aliphatic rings. The van der Waals surface area contributed by atoms with E-state index in [1.54, 1.807) is 4.90 Å². The minimum absolute atomic E-state index is 0.0215. The maximum Gasteiger partial charge on any atom is 0.310 e. The molecule has 7 heteroatoms. The Hall–Kier alpha value is -1.47. The highest BCUT2D eigenvalue weighted by Crippen LogP contribution is 2.19. The summed E-state index contributed by atoms with van der Waals surface area (Å²) >= 11 is 1.54. The van der Waals surface area contributed by atoms with E-state index in [0.29, 0.717) is 19.6 Å². The third kappa shape index (κ3) is 4.25. The summed E-state index contributed by atoms with van der Waals surface area (Å²) in [6.45, 7) is 1.71. The number of thiazole rings is 1. The number of carbonyl (C=O) groups is 2. The number of ether oxygens (including phenoxy) is 1. The topological polar surface area (TPSA) is 85.5 Å². The van der Waals surface area contributed by atoms with Gasteiger partial charge in [-0.1, -0.05) is 0 Å². The van der Waals surface area contributed by atoms with Gasteiger partial charge in [0.25, 0.3) is 0 Å². The fourth-order valence-corrected chi connectivity index (χ4v) is 3.31. The van der Waals surface area contributed by atoms with Gasteiger partial charge in [-0.05, 0) is 19.4 Å². The largest absolute Gasteiger partial charge is 0.469 e. The van der Waals surface area contributed by atoms with E-state index >= 15 is 0 Å². The highest BCUT2D eigenvalue weighted by molar-refractivity contribution is 7.09. The van der Waals surface area contributed by atoms with Gasteiger partial charge in [-0.3, -0.25) is 9.59 Å². The van der Waals surface area contributed by atoms with Crippen molar-refractivity contribution in [2.45, 2.75) is 25.7 Å². The van der Waals surface area contributed by atoms with E-state index in [9.17, 15) is 9.59 Å². The number of nitrogens with two attached hydrogens (primary N) is 1. The molecule has 21 heavy (non-hydrogen) atoms. The first-order valence-corrected chi connectivity index (χ1v) is 8.01. The zero-order chi connectivity index (χ0) is 15.2. The van der Waals surface area contributed by atoms with E-state index < -0.39 is 0 Å². The Bertz CT molecular complexity index is 503. The average molecular weight is 311 g/mol. The van der Waals surface area contributed by atoms with E-state index in [0.717, 1.165) is 30.0 Å². The third-order valence-corrected chi connectivity index (χ3v) is 4.56. The molecule has 1 amide bonds. The Morgan fingerprint density at radius 1 is 1.57 bits per heavy atom. The molecule has 0 radical (unpaired) electrons. The first-order chi connectivity index (χ1) is 10.1. The van der Waals surface area contributed by atoms with Crippen LogP contribution in [0.25, 0.3) is 0 Å². The lowest BCUT2D eigenvalue weighted by Crippen LogP contribution is -2.43. The van der Waals surface area contributed by atoms with E-state index in [-0.39, 0.29) is 24.2 Å². The molecule has 1 fully saturated rings. The Morgan fingerprint density at radius 2 is 2.38 bits per heavy atom. The van der Waals surface area contributed by atoms with Crippen LogP contribution in [0, 0.1) is 5.92 Å². The summed E-state index contributed by atoms with van der Waals surface area (Å²) in [5.41, 5.74) is 6.28. The summed E-state index contributed by atoms with van der Waals surface area (Å²) in [6.07, 6.45) is 2.65. The number of hydrogen-bond acceptors (Lipinski definition) is 6. The van der Waals surface area contributed by atoms with Crippen LogP contribution in [0.15, 0.2) is 5.38 Å². The molecule has 1 aromatic rings. The lowest BCUT2D eigenvalue weighted by Gasteiger charge is -2.31. The molecule has 2 N–H and O–H groups in total. The molecule has 2 heterocycles. The molecule has 2 rings (SSSR count). The molecule has 0 aliphatic carbocycles. The lowest BCUT2D eigenvalue weighted by atomic mass is 9.98. The third-order valence-electron chi connectivity index (χ3n) is 3.60. The molecule has 1 aliphatic heterocycles. The maximum atomic E-state index is 12.3. The predicted molar refractivity (Wildman–Crippen MR) is 79.9 cm³/mol. The van der Waals surface area contributed by atoms with Gasteiger partial charge >= 0.3 is 5.97 Å². The van der Waals surface area contributed by atoms with E-state index in [1.165, 1.54) is 18.4 Å². The highest BCUT2D eigenvalue weighted by atomic mass is 32.1. The second-order valence-electron chi connectivity index (χ2n) is 5.15. The van der Waals surface area contributed by atoms with Gasteiger partial charge < -0.3 is 15.4 Å². The number of aromatic nitrogens is 1. The number of carbonyl (C=O) groups excluding carboxylic acids is 2. The van der Waals surface area contributed by atoms with Crippen LogP contribution in [0.3, 0.4) is 0 Å². The monoisotopic (exact) mass is 311 g/mol. The Morgan fingerprint density at radius 3 is 3.10 bits per heavy atom. The number of methoxy groups -OCH3 is 1. The Balaban J connectivity index is 1.91. The van der Waals surface area contributed by atoms with E-state index in [4.69, 9.17) is 10.5 Å². The maximum absolute atomic E-state index is 12.3. The molecule has 0 spiro atoms. The van der Waals surface area contributed by atoms with Crippen LogP contribution in [-0.2, 0) is 27.2 Å². The minimum atomic E-state index is -0.230. The number of piperidine rings is 1. The van der Waals surface area contributed by atoms with Crippen molar-refractivity contribution in [2.75, 3.05) is 26.7 Å². The molecule has 0 bridgehead atoms. The highest BCUT2D eigenvalue weighted by Gasteiger charge is 2.29. The normalized spacial score (nSPS) is 18.6. The van der Waals surface area contributed by atoms with Gasteiger partial charge in [0.2, 0.25) is 5.91 Å². The number of esters is 1. The SMILES string of the molecule is COC(=O)C1CCCN(C(=O)Cc2csc(CCN)n2)C1. The Labute approximate surface area is 128 Å². The predicted octanol–water partition coefficient (Wildman–Crippen LogP) is 0.598. The fourth-order valence-electron chi connectivity index (χ4n) is 2.50. The molecule has 0 aromatic carbocycles. The van der Waals surface area contributed by atoms with Gasteiger partial charge in [0.15, 0.2) is 0 Å². The molecular formula is C14H21N3O3S. The Kier molecular flexibility index (Phi) is 5.69. The molecule has 1 atom stereocenters. The molecule has 6 nitrogen and oxygen atoms in total. The van der Waals surface area contributed by atoms with Gasteiger partial charge in [-0.2, -0.15) is 0 Å². The van der Waals surface area contributed by atoms with Crippen molar-refractivity contribution < 1.29 is 14.3 Å². The van der Waals surface area contributed by atoms with Crippen LogP contribution in [0.5, 0.6) is 0 Å². The molecular weight excluding hydrogens is 290 g/mol. The summed E-state index contributed by atoms with van der Waals surface area (Å²) < 4.78 is 4.77. The van der Waals surface area contributed by atoms with Crippen molar-refractivity contribution in [1.29, 1.82) is 0 Å². The molecule has 1 aromatic heterocycles. The quantitative estimate of drug-likeness (QED) is 0.805. The van der Waals surface area contributed by atoms with Crippen LogP contribution >= 0.6 is 11.3 Å². The van der Waals surface area contributed by atoms with E-state index in [1.807, 2.05) is 5.38 Å². The lowest BCUT2D eigenvalue weighted by molar-refractivity contribution is -0.148. The minimum Gasteiger partial charge on any atom is -0.469 e. The summed E-state index contributed by atoms with van der Waals surface area (Å²) in [4.78, 5) is 30.0. The second kappa shape index (κ2) is 7.51. The van der Waals surface area contributed by atoms with Crippen molar-refractivity contribution >= 4 is 23.2 Å². The first-order valence-electron chi connectivity index (χ1n) is 7.13. The zero-order valence-electron chi connectivity index (χ0n) is 12.2. The second-order valence-corrected chi connectivity index (χ2v) is 6.09. The van der Waals surface area contributed by atoms with Crippen LogP contribution in [0.2, 0.25) is 0 Å². The molecule has 0 saturated carbocycles. The van der Waals surface area contributed by atoms with Crippen molar-refractivity contribution in [3.05, 3.63) is 16.1 Å². The number of likely N-dealkylation sites (tertiary alicyclic amines) is 1. The van der Waals surface area contributed by atoms with Crippen molar-refractivity contribution in [2.24, 2.45) is 11.7 Å². The fraction of sp³-hybridized carbons (Fsp3) is 0.643. The van der Waals surface area contributed by atoms with Gasteiger partial charge in [-0.15, -0.1) is 11.3 Å². The van der Waals surface area contributed by atoms with Crippen LogP contribution in [-0.4, -0.2) is 48.5 Å². The smallest absolute Gasteiger partial charge is 0.310 e. The molecule has 1 saturated heterocycles. The first kappa shape index (κ1) is 15.9. The number of amides is 1. The number of rotatable bonds is 5. The summed E-state index contributed by atoms with van der Waals surface area (Å²) in [7, 11) is 1.39. The summed E-state index contributed by atoms with van der Waals surface area (Å²) in [5, 5.41) is 2.87.